The van der Waals surface area contributed by atoms with Crippen LogP contribution in [-0.2, 0) is 18.0 Å². The Morgan fingerprint density at radius 3 is 2.42 bits per heavy atom. The van der Waals surface area contributed by atoms with Crippen molar-refractivity contribution in [1.29, 1.82) is 0 Å². The molecular formula is C24H27F3N6O3. The van der Waals surface area contributed by atoms with Crippen molar-refractivity contribution in [2.75, 3.05) is 18.4 Å². The molecule has 4 rings (SSSR count). The molecule has 1 N–H and O–H groups in total. The number of benzene rings is 1. The monoisotopic (exact) mass is 504 g/mol. The number of rotatable bonds is 4. The Labute approximate surface area is 205 Å². The summed E-state index contributed by atoms with van der Waals surface area (Å²) >= 11 is 0. The number of hydrogen-bond donors (Lipinski definition) is 1. The molecule has 1 aliphatic rings. The lowest BCUT2D eigenvalue weighted by Gasteiger charge is -2.35. The predicted molar refractivity (Wildman–Crippen MR) is 127 cm³/mol. The van der Waals surface area contributed by atoms with Crippen LogP contribution in [0.2, 0.25) is 0 Å². The summed E-state index contributed by atoms with van der Waals surface area (Å²) in [4.78, 5) is 39.6. The Morgan fingerprint density at radius 1 is 1.17 bits per heavy atom. The lowest BCUT2D eigenvalue weighted by Crippen LogP contribution is -2.48. The second-order valence-corrected chi connectivity index (χ2v) is 9.10. The molecule has 1 amide bonds. The highest BCUT2D eigenvalue weighted by molar-refractivity contribution is 5.92. The average molecular weight is 505 g/mol. The number of alkyl halides is 3. The van der Waals surface area contributed by atoms with Crippen molar-refractivity contribution in [3.8, 4) is 0 Å². The molecule has 1 fully saturated rings. The van der Waals surface area contributed by atoms with E-state index in [1.165, 1.54) is 37.0 Å². The minimum Gasteiger partial charge on any atom is -0.372 e. The number of carbonyl (C=O) groups excluding carboxylic acids is 1. The number of carbonyl (C=O) groups is 1. The third-order valence-corrected chi connectivity index (χ3v) is 6.18. The Bertz CT molecular complexity index is 1350. The number of morpholine rings is 1. The van der Waals surface area contributed by atoms with E-state index < -0.39 is 23.3 Å². The Kier molecular flexibility index (Phi) is 6.74. The maximum absolute atomic E-state index is 13.9. The summed E-state index contributed by atoms with van der Waals surface area (Å²) < 4.78 is 48.7. The third kappa shape index (κ3) is 5.03. The first-order valence-corrected chi connectivity index (χ1v) is 11.5. The SMILES string of the molecule is Cc1nc2cc(C(F)(F)F)c(C(C)Nc3cnc(C(=O)N4CC(C)OC(C)C4)cn3)cc2c(=O)n1C. The first-order valence-electron chi connectivity index (χ1n) is 11.5. The van der Waals surface area contributed by atoms with Gasteiger partial charge >= 0.3 is 6.18 Å². The van der Waals surface area contributed by atoms with Gasteiger partial charge in [0.05, 0.1) is 47.1 Å². The fourth-order valence-electron chi connectivity index (χ4n) is 4.37. The second-order valence-electron chi connectivity index (χ2n) is 9.10. The average Bonchev–Trinajstić information content (AvgIpc) is 2.81. The zero-order chi connectivity index (χ0) is 26.4. The molecule has 3 unspecified atom stereocenters. The summed E-state index contributed by atoms with van der Waals surface area (Å²) in [6, 6.07) is 1.24. The van der Waals surface area contributed by atoms with E-state index in [0.717, 1.165) is 6.07 Å². The predicted octanol–water partition coefficient (Wildman–Crippen LogP) is 3.47. The van der Waals surface area contributed by atoms with Crippen LogP contribution in [0.1, 0.15) is 54.3 Å². The summed E-state index contributed by atoms with van der Waals surface area (Å²) in [5.41, 5.74) is -1.36. The van der Waals surface area contributed by atoms with E-state index in [1.54, 1.807) is 11.8 Å². The Hall–Kier alpha value is -3.54. The van der Waals surface area contributed by atoms with Gasteiger partial charge in [-0.15, -0.1) is 0 Å². The highest BCUT2D eigenvalue weighted by Gasteiger charge is 2.36. The first kappa shape index (κ1) is 25.5. The van der Waals surface area contributed by atoms with E-state index in [4.69, 9.17) is 4.74 Å². The summed E-state index contributed by atoms with van der Waals surface area (Å²) in [6.07, 6.45) is -2.28. The number of nitrogens with zero attached hydrogens (tertiary/aromatic N) is 5. The van der Waals surface area contributed by atoms with Gasteiger partial charge in [0.25, 0.3) is 11.5 Å². The van der Waals surface area contributed by atoms with E-state index in [0.29, 0.717) is 18.9 Å². The standard InChI is InChI=1S/C24H27F3N6O3/c1-12-10-33(11-13(2)36-12)23(35)20-8-29-21(9-28-20)30-14(3)16-6-17-19(7-18(16)24(25,26)27)31-15(4)32(5)22(17)34/h6-9,12-14H,10-11H2,1-5H3,(H,29,30). The molecule has 0 saturated carbocycles. The first-order chi connectivity index (χ1) is 16.8. The van der Waals surface area contributed by atoms with Gasteiger partial charge in [-0.1, -0.05) is 0 Å². The van der Waals surface area contributed by atoms with Crippen molar-refractivity contribution in [3.63, 3.8) is 0 Å². The molecule has 1 aromatic carbocycles. The molecule has 3 aromatic rings. The topological polar surface area (TPSA) is 102 Å². The summed E-state index contributed by atoms with van der Waals surface area (Å²) in [7, 11) is 1.51. The quantitative estimate of drug-likeness (QED) is 0.581. The summed E-state index contributed by atoms with van der Waals surface area (Å²) in [5.74, 6) is 0.202. The van der Waals surface area contributed by atoms with Crippen LogP contribution in [-0.4, -0.2) is 55.6 Å². The van der Waals surface area contributed by atoms with Gasteiger partial charge in [0.2, 0.25) is 0 Å². The highest BCUT2D eigenvalue weighted by atomic mass is 19.4. The summed E-state index contributed by atoms with van der Waals surface area (Å²) in [5, 5.41) is 2.98. The molecule has 0 radical (unpaired) electrons. The molecule has 192 valence electrons. The van der Waals surface area contributed by atoms with E-state index in [-0.39, 0.29) is 46.1 Å². The van der Waals surface area contributed by atoms with Gasteiger partial charge in [-0.2, -0.15) is 13.2 Å². The molecule has 3 atom stereocenters. The van der Waals surface area contributed by atoms with Crippen LogP contribution >= 0.6 is 0 Å². The number of amides is 1. The van der Waals surface area contributed by atoms with Crippen LogP contribution in [0.3, 0.4) is 0 Å². The van der Waals surface area contributed by atoms with Crippen molar-refractivity contribution in [3.05, 3.63) is 57.5 Å². The van der Waals surface area contributed by atoms with Crippen molar-refractivity contribution in [2.24, 2.45) is 7.05 Å². The molecule has 0 bridgehead atoms. The van der Waals surface area contributed by atoms with Crippen molar-refractivity contribution >= 4 is 22.6 Å². The second kappa shape index (κ2) is 9.49. The smallest absolute Gasteiger partial charge is 0.372 e. The maximum Gasteiger partial charge on any atom is 0.416 e. The third-order valence-electron chi connectivity index (χ3n) is 6.18. The van der Waals surface area contributed by atoms with Crippen LogP contribution in [0.4, 0.5) is 19.0 Å². The van der Waals surface area contributed by atoms with Gasteiger partial charge in [0, 0.05) is 20.1 Å². The number of hydrogen-bond acceptors (Lipinski definition) is 7. The van der Waals surface area contributed by atoms with Crippen LogP contribution in [0, 0.1) is 6.92 Å². The molecule has 12 heteroatoms. The minimum atomic E-state index is -4.66. The van der Waals surface area contributed by atoms with Gasteiger partial charge in [0.1, 0.15) is 17.3 Å². The number of fused-ring (bicyclic) bond motifs is 1. The molecule has 3 heterocycles. The molecule has 1 saturated heterocycles. The molecule has 0 aliphatic carbocycles. The van der Waals surface area contributed by atoms with Crippen molar-refractivity contribution < 1.29 is 22.7 Å². The minimum absolute atomic E-state index is 0.0201. The highest BCUT2D eigenvalue weighted by Crippen LogP contribution is 2.37. The number of halogens is 3. The van der Waals surface area contributed by atoms with Gasteiger partial charge in [-0.05, 0) is 45.4 Å². The molecule has 2 aromatic heterocycles. The van der Waals surface area contributed by atoms with Crippen molar-refractivity contribution in [2.45, 2.75) is 52.1 Å². The molecule has 36 heavy (non-hydrogen) atoms. The van der Waals surface area contributed by atoms with Gasteiger partial charge in [-0.3, -0.25) is 14.2 Å². The normalized spacial score (nSPS) is 19.4. The van der Waals surface area contributed by atoms with E-state index in [1.807, 2.05) is 13.8 Å². The summed E-state index contributed by atoms with van der Waals surface area (Å²) in [6.45, 7) is 7.70. The van der Waals surface area contributed by atoms with Gasteiger partial charge in [0.15, 0.2) is 0 Å². The fraction of sp³-hybridized carbons (Fsp3) is 0.458. The number of ether oxygens (including phenoxy) is 1. The van der Waals surface area contributed by atoms with Crippen LogP contribution in [0.25, 0.3) is 10.9 Å². The maximum atomic E-state index is 13.9. The van der Waals surface area contributed by atoms with Gasteiger partial charge in [-0.25, -0.2) is 15.0 Å². The van der Waals surface area contributed by atoms with E-state index in [9.17, 15) is 22.8 Å². The number of nitrogens with one attached hydrogen (secondary N) is 1. The number of aromatic nitrogens is 4. The molecule has 0 spiro atoms. The van der Waals surface area contributed by atoms with Crippen molar-refractivity contribution in [1.82, 2.24) is 24.4 Å². The zero-order valence-electron chi connectivity index (χ0n) is 20.6. The van der Waals surface area contributed by atoms with Crippen LogP contribution in [0.5, 0.6) is 0 Å². The Balaban J connectivity index is 1.61. The van der Waals surface area contributed by atoms with Crippen LogP contribution < -0.4 is 10.9 Å². The molecule has 9 nitrogen and oxygen atoms in total. The Morgan fingerprint density at radius 2 is 1.83 bits per heavy atom. The lowest BCUT2D eigenvalue weighted by atomic mass is 9.98. The fourth-order valence-corrected chi connectivity index (χ4v) is 4.37. The lowest BCUT2D eigenvalue weighted by molar-refractivity contribution is -0.138. The number of anilines is 1. The van der Waals surface area contributed by atoms with E-state index >= 15 is 0 Å². The zero-order valence-corrected chi connectivity index (χ0v) is 20.6. The largest absolute Gasteiger partial charge is 0.416 e. The van der Waals surface area contributed by atoms with E-state index in [2.05, 4.69) is 20.3 Å². The van der Waals surface area contributed by atoms with Crippen LogP contribution in [0.15, 0.2) is 29.3 Å². The molecular weight excluding hydrogens is 477 g/mol. The molecule has 1 aliphatic heterocycles. The number of aryl methyl sites for hydroxylation is 1. The van der Waals surface area contributed by atoms with Gasteiger partial charge < -0.3 is 15.0 Å².